The van der Waals surface area contributed by atoms with Crippen LogP contribution < -0.4 is 9.47 Å². The molecule has 0 aromatic heterocycles. The van der Waals surface area contributed by atoms with Crippen molar-refractivity contribution in [2.75, 3.05) is 13.2 Å². The molecule has 1 aromatic carbocycles. The number of carboxylic acid groups (broad SMARTS) is 2. The average Bonchev–Trinajstić information content (AvgIpc) is 2.48. The first-order valence-electron chi connectivity index (χ1n) is 7.98. The summed E-state index contributed by atoms with van der Waals surface area (Å²) in [5.74, 6) is -0.789. The molecule has 1 aromatic rings. The van der Waals surface area contributed by atoms with Crippen LogP contribution in [0, 0.1) is 10.8 Å². The van der Waals surface area contributed by atoms with Crippen molar-refractivity contribution in [3.63, 3.8) is 0 Å². The van der Waals surface area contributed by atoms with E-state index in [2.05, 4.69) is 0 Å². The molecule has 0 atom stereocenters. The number of benzene rings is 1. The van der Waals surface area contributed by atoms with Crippen LogP contribution in [0.4, 0.5) is 0 Å². The topological polar surface area (TPSA) is 93.1 Å². The molecule has 0 aliphatic heterocycles. The second-order valence-corrected chi connectivity index (χ2v) is 7.57. The Morgan fingerprint density at radius 1 is 0.960 bits per heavy atom. The third-order valence-corrected chi connectivity index (χ3v) is 4.34. The standard InChI is InChI=1S/C18H25ClO6/c1-17(2,15(20)21)7-9-24-12-5-6-14(13(19)11-12)25-10-8-18(3,4)16(22)23/h5-6,11H,7-10H2,1-4H3,(H,20,21)(H,22,23). The van der Waals surface area contributed by atoms with Gasteiger partial charge in [-0.25, -0.2) is 0 Å². The fourth-order valence-electron chi connectivity index (χ4n) is 1.74. The van der Waals surface area contributed by atoms with E-state index < -0.39 is 22.8 Å². The van der Waals surface area contributed by atoms with E-state index in [0.29, 0.717) is 29.4 Å². The molecule has 0 bridgehead atoms. The Morgan fingerprint density at radius 3 is 1.88 bits per heavy atom. The largest absolute Gasteiger partial charge is 0.494 e. The third-order valence-electron chi connectivity index (χ3n) is 4.04. The van der Waals surface area contributed by atoms with Crippen LogP contribution in [0.1, 0.15) is 40.5 Å². The van der Waals surface area contributed by atoms with Gasteiger partial charge in [0.1, 0.15) is 11.5 Å². The average molecular weight is 373 g/mol. The van der Waals surface area contributed by atoms with Gasteiger partial charge in [0.25, 0.3) is 0 Å². The molecule has 1 rings (SSSR count). The van der Waals surface area contributed by atoms with Gasteiger partial charge < -0.3 is 19.7 Å². The zero-order chi connectivity index (χ0) is 19.3. The summed E-state index contributed by atoms with van der Waals surface area (Å²) < 4.78 is 11.1. The second kappa shape index (κ2) is 8.43. The maximum Gasteiger partial charge on any atom is 0.309 e. The second-order valence-electron chi connectivity index (χ2n) is 7.17. The zero-order valence-electron chi connectivity index (χ0n) is 15.0. The lowest BCUT2D eigenvalue weighted by atomic mass is 9.90. The van der Waals surface area contributed by atoms with Crippen molar-refractivity contribution in [1.29, 1.82) is 0 Å². The summed E-state index contributed by atoms with van der Waals surface area (Å²) in [5, 5.41) is 18.5. The number of carboxylic acids is 2. The van der Waals surface area contributed by atoms with Crippen molar-refractivity contribution in [1.82, 2.24) is 0 Å². The van der Waals surface area contributed by atoms with Crippen molar-refractivity contribution in [2.24, 2.45) is 10.8 Å². The van der Waals surface area contributed by atoms with E-state index in [0.717, 1.165) is 0 Å². The lowest BCUT2D eigenvalue weighted by molar-refractivity contribution is -0.148. The summed E-state index contributed by atoms with van der Waals surface area (Å²) in [4.78, 5) is 22.1. The molecule has 2 N–H and O–H groups in total. The molecule has 0 radical (unpaired) electrons. The van der Waals surface area contributed by atoms with Crippen LogP contribution >= 0.6 is 11.6 Å². The molecule has 0 saturated carbocycles. The van der Waals surface area contributed by atoms with E-state index in [9.17, 15) is 9.59 Å². The summed E-state index contributed by atoms with van der Waals surface area (Å²) in [7, 11) is 0. The molecule has 140 valence electrons. The highest BCUT2D eigenvalue weighted by Crippen LogP contribution is 2.30. The number of carbonyl (C=O) groups is 2. The van der Waals surface area contributed by atoms with E-state index in [4.69, 9.17) is 31.3 Å². The fourth-order valence-corrected chi connectivity index (χ4v) is 1.97. The minimum atomic E-state index is -0.879. The van der Waals surface area contributed by atoms with Gasteiger partial charge in [0.2, 0.25) is 0 Å². The van der Waals surface area contributed by atoms with E-state index in [1.807, 2.05) is 0 Å². The number of hydrogen-bond acceptors (Lipinski definition) is 4. The summed E-state index contributed by atoms with van der Waals surface area (Å²) >= 11 is 6.15. The van der Waals surface area contributed by atoms with Crippen molar-refractivity contribution in [2.45, 2.75) is 40.5 Å². The van der Waals surface area contributed by atoms with E-state index in [1.54, 1.807) is 45.9 Å². The van der Waals surface area contributed by atoms with Crippen molar-refractivity contribution in [3.05, 3.63) is 23.2 Å². The van der Waals surface area contributed by atoms with Crippen molar-refractivity contribution < 1.29 is 29.3 Å². The maximum atomic E-state index is 11.1. The molecule has 0 spiro atoms. The summed E-state index contributed by atoms with van der Waals surface area (Å²) in [6.45, 7) is 7.03. The van der Waals surface area contributed by atoms with E-state index in [1.165, 1.54) is 0 Å². The Hall–Kier alpha value is -1.95. The predicted octanol–water partition coefficient (Wildman–Crippen LogP) is 4.10. The fraction of sp³-hybridized carbons (Fsp3) is 0.556. The van der Waals surface area contributed by atoms with Crippen molar-refractivity contribution in [3.8, 4) is 11.5 Å². The Kier molecular flexibility index (Phi) is 7.11. The molecule has 0 aliphatic rings. The molecule has 25 heavy (non-hydrogen) atoms. The highest BCUT2D eigenvalue weighted by atomic mass is 35.5. The monoisotopic (exact) mass is 372 g/mol. The first-order chi connectivity index (χ1) is 11.5. The van der Waals surface area contributed by atoms with Gasteiger partial charge in [-0.05, 0) is 52.7 Å². The maximum absolute atomic E-state index is 11.1. The van der Waals surface area contributed by atoms with Gasteiger partial charge >= 0.3 is 11.9 Å². The van der Waals surface area contributed by atoms with Gasteiger partial charge in [-0.2, -0.15) is 0 Å². The van der Waals surface area contributed by atoms with E-state index in [-0.39, 0.29) is 13.2 Å². The molecule has 0 heterocycles. The van der Waals surface area contributed by atoms with Crippen LogP contribution in [0.5, 0.6) is 11.5 Å². The van der Waals surface area contributed by atoms with Crippen LogP contribution in [0.3, 0.4) is 0 Å². The number of ether oxygens (including phenoxy) is 2. The molecular formula is C18H25ClO6. The smallest absolute Gasteiger partial charge is 0.309 e. The highest BCUT2D eigenvalue weighted by molar-refractivity contribution is 6.32. The van der Waals surface area contributed by atoms with Crippen LogP contribution in [0.2, 0.25) is 5.02 Å². The first-order valence-corrected chi connectivity index (χ1v) is 8.35. The van der Waals surface area contributed by atoms with Crippen LogP contribution in [-0.4, -0.2) is 35.4 Å². The number of hydrogen-bond donors (Lipinski definition) is 2. The normalized spacial score (nSPS) is 11.9. The molecule has 0 saturated heterocycles. The van der Waals surface area contributed by atoms with E-state index >= 15 is 0 Å². The lowest BCUT2D eigenvalue weighted by Gasteiger charge is -2.20. The van der Waals surface area contributed by atoms with Gasteiger partial charge in [0, 0.05) is 6.07 Å². The molecule has 7 heteroatoms. The Bertz CT molecular complexity index is 624. The molecular weight excluding hydrogens is 348 g/mol. The Labute approximate surface area is 152 Å². The molecule has 0 amide bonds. The van der Waals surface area contributed by atoms with Gasteiger partial charge in [-0.1, -0.05) is 11.6 Å². The Morgan fingerprint density at radius 2 is 1.44 bits per heavy atom. The highest BCUT2D eigenvalue weighted by Gasteiger charge is 2.27. The lowest BCUT2D eigenvalue weighted by Crippen LogP contribution is -2.26. The van der Waals surface area contributed by atoms with Crippen LogP contribution in [0.25, 0.3) is 0 Å². The van der Waals surface area contributed by atoms with Gasteiger partial charge in [-0.3, -0.25) is 9.59 Å². The third kappa shape index (κ3) is 6.46. The SMILES string of the molecule is CC(C)(CCOc1ccc(OCCC(C)(C)C(=O)O)c(Cl)c1)C(=O)O. The quantitative estimate of drug-likeness (QED) is 0.642. The molecule has 6 nitrogen and oxygen atoms in total. The predicted molar refractivity (Wildman–Crippen MR) is 94.5 cm³/mol. The van der Waals surface area contributed by atoms with Crippen LogP contribution in [0.15, 0.2) is 18.2 Å². The summed E-state index contributed by atoms with van der Waals surface area (Å²) in [5.41, 5.74) is -1.73. The zero-order valence-corrected chi connectivity index (χ0v) is 15.7. The number of aliphatic carboxylic acids is 2. The Balaban J connectivity index is 2.54. The molecule has 0 unspecified atom stereocenters. The summed E-state index contributed by atoms with van der Waals surface area (Å²) in [6.07, 6.45) is 0.712. The minimum absolute atomic E-state index is 0.228. The number of rotatable bonds is 10. The molecule has 0 fully saturated rings. The van der Waals surface area contributed by atoms with Crippen LogP contribution in [-0.2, 0) is 9.59 Å². The van der Waals surface area contributed by atoms with Gasteiger partial charge in [0.05, 0.1) is 29.1 Å². The van der Waals surface area contributed by atoms with Gasteiger partial charge in [-0.15, -0.1) is 0 Å². The molecule has 0 aliphatic carbocycles. The van der Waals surface area contributed by atoms with Gasteiger partial charge in [0.15, 0.2) is 0 Å². The minimum Gasteiger partial charge on any atom is -0.494 e. The first kappa shape index (κ1) is 21.1. The number of halogens is 1. The van der Waals surface area contributed by atoms with Crippen molar-refractivity contribution >= 4 is 23.5 Å². The summed E-state index contributed by atoms with van der Waals surface area (Å²) in [6, 6.07) is 4.91.